The highest BCUT2D eigenvalue weighted by Crippen LogP contribution is 2.24. The quantitative estimate of drug-likeness (QED) is 0.675. The predicted molar refractivity (Wildman–Crippen MR) is 83.2 cm³/mol. The summed E-state index contributed by atoms with van der Waals surface area (Å²) in [5.41, 5.74) is 8.47. The second-order valence-electron chi connectivity index (χ2n) is 4.67. The standard InChI is InChI=1S/C16H19N3O2/c1-3-21-16(20)14-10-12(17)7-8-15(14)19(2)11-13-6-4-5-9-18-13/h4-10H,3,11,17H2,1-2H3. The fraction of sp³-hybridized carbons (Fsp3) is 0.250. The topological polar surface area (TPSA) is 68.5 Å². The Morgan fingerprint density at radius 3 is 2.81 bits per heavy atom. The summed E-state index contributed by atoms with van der Waals surface area (Å²) < 4.78 is 5.09. The van der Waals surface area contributed by atoms with E-state index in [4.69, 9.17) is 10.5 Å². The first kappa shape index (κ1) is 14.8. The van der Waals surface area contributed by atoms with Crippen LogP contribution in [0.5, 0.6) is 0 Å². The van der Waals surface area contributed by atoms with Crippen molar-refractivity contribution in [2.24, 2.45) is 0 Å². The van der Waals surface area contributed by atoms with E-state index < -0.39 is 0 Å². The summed E-state index contributed by atoms with van der Waals surface area (Å²) in [7, 11) is 1.91. The van der Waals surface area contributed by atoms with Gasteiger partial charge in [0.1, 0.15) is 0 Å². The van der Waals surface area contributed by atoms with Crippen LogP contribution in [0, 0.1) is 0 Å². The van der Waals surface area contributed by atoms with E-state index in [0.717, 1.165) is 11.4 Å². The zero-order valence-electron chi connectivity index (χ0n) is 12.2. The molecule has 110 valence electrons. The number of nitrogen functional groups attached to an aromatic ring is 1. The molecule has 2 aromatic rings. The lowest BCUT2D eigenvalue weighted by Crippen LogP contribution is -2.21. The minimum atomic E-state index is -0.368. The Morgan fingerprint density at radius 1 is 1.33 bits per heavy atom. The molecule has 0 spiro atoms. The number of carbonyl (C=O) groups is 1. The van der Waals surface area contributed by atoms with Crippen molar-refractivity contribution in [1.29, 1.82) is 0 Å². The van der Waals surface area contributed by atoms with Gasteiger partial charge in [-0.3, -0.25) is 4.98 Å². The molecule has 2 N–H and O–H groups in total. The summed E-state index contributed by atoms with van der Waals surface area (Å²) in [6.45, 7) is 2.70. The first-order chi connectivity index (χ1) is 10.1. The smallest absolute Gasteiger partial charge is 0.340 e. The van der Waals surface area contributed by atoms with E-state index >= 15 is 0 Å². The monoisotopic (exact) mass is 285 g/mol. The number of rotatable bonds is 5. The van der Waals surface area contributed by atoms with Crippen LogP contribution in [0.3, 0.4) is 0 Å². The normalized spacial score (nSPS) is 10.2. The van der Waals surface area contributed by atoms with E-state index in [1.54, 1.807) is 25.3 Å². The Morgan fingerprint density at radius 2 is 2.14 bits per heavy atom. The Balaban J connectivity index is 2.27. The number of carbonyl (C=O) groups excluding carboxylic acids is 1. The summed E-state index contributed by atoms with van der Waals surface area (Å²) in [5, 5.41) is 0. The third-order valence-electron chi connectivity index (χ3n) is 3.05. The van der Waals surface area contributed by atoms with E-state index in [9.17, 15) is 4.79 Å². The summed E-state index contributed by atoms with van der Waals surface area (Å²) in [4.78, 5) is 18.3. The van der Waals surface area contributed by atoms with Crippen LogP contribution in [0.25, 0.3) is 0 Å². The third kappa shape index (κ3) is 3.72. The van der Waals surface area contributed by atoms with Gasteiger partial charge in [-0.05, 0) is 37.3 Å². The average molecular weight is 285 g/mol. The number of nitrogens with two attached hydrogens (primary N) is 1. The molecule has 0 radical (unpaired) electrons. The fourth-order valence-corrected chi connectivity index (χ4v) is 2.08. The van der Waals surface area contributed by atoms with E-state index in [1.807, 2.05) is 36.2 Å². The van der Waals surface area contributed by atoms with Crippen LogP contribution in [-0.2, 0) is 11.3 Å². The van der Waals surface area contributed by atoms with Crippen molar-refractivity contribution in [2.45, 2.75) is 13.5 Å². The molecule has 5 heteroatoms. The Kier molecular flexibility index (Phi) is 4.77. The number of aromatic nitrogens is 1. The highest BCUT2D eigenvalue weighted by molar-refractivity contribution is 5.97. The number of anilines is 2. The highest BCUT2D eigenvalue weighted by Gasteiger charge is 2.16. The molecule has 0 fully saturated rings. The Bertz CT molecular complexity index is 614. The van der Waals surface area contributed by atoms with Gasteiger partial charge in [-0.1, -0.05) is 6.07 Å². The minimum Gasteiger partial charge on any atom is -0.462 e. The molecule has 0 aliphatic heterocycles. The van der Waals surface area contributed by atoms with Crippen molar-refractivity contribution >= 4 is 17.3 Å². The number of hydrogen-bond acceptors (Lipinski definition) is 5. The predicted octanol–water partition coefficient (Wildman–Crippen LogP) is 2.48. The van der Waals surface area contributed by atoms with Crippen molar-refractivity contribution < 1.29 is 9.53 Å². The number of pyridine rings is 1. The Labute approximate surface area is 124 Å². The minimum absolute atomic E-state index is 0.330. The Hall–Kier alpha value is -2.56. The van der Waals surface area contributed by atoms with Gasteiger partial charge in [0.25, 0.3) is 0 Å². The molecular weight excluding hydrogens is 266 g/mol. The van der Waals surface area contributed by atoms with Crippen molar-refractivity contribution in [1.82, 2.24) is 4.98 Å². The largest absolute Gasteiger partial charge is 0.462 e. The van der Waals surface area contributed by atoms with Gasteiger partial charge >= 0.3 is 5.97 Å². The second kappa shape index (κ2) is 6.74. The van der Waals surface area contributed by atoms with Crippen LogP contribution >= 0.6 is 0 Å². The van der Waals surface area contributed by atoms with E-state index in [-0.39, 0.29) is 5.97 Å². The molecule has 1 aromatic carbocycles. The van der Waals surface area contributed by atoms with Crippen LogP contribution in [0.1, 0.15) is 23.0 Å². The van der Waals surface area contributed by atoms with Gasteiger partial charge in [0.2, 0.25) is 0 Å². The zero-order chi connectivity index (χ0) is 15.2. The van der Waals surface area contributed by atoms with Gasteiger partial charge in [-0.25, -0.2) is 4.79 Å². The van der Waals surface area contributed by atoms with Crippen molar-refractivity contribution in [3.05, 3.63) is 53.9 Å². The molecule has 0 atom stereocenters. The number of ether oxygens (including phenoxy) is 1. The summed E-state index contributed by atoms with van der Waals surface area (Å²) >= 11 is 0. The van der Waals surface area contributed by atoms with Gasteiger partial charge in [-0.2, -0.15) is 0 Å². The van der Waals surface area contributed by atoms with Crippen LogP contribution in [-0.4, -0.2) is 24.6 Å². The van der Waals surface area contributed by atoms with Crippen molar-refractivity contribution in [2.75, 3.05) is 24.3 Å². The van der Waals surface area contributed by atoms with Crippen LogP contribution in [0.15, 0.2) is 42.6 Å². The second-order valence-corrected chi connectivity index (χ2v) is 4.67. The zero-order valence-corrected chi connectivity index (χ0v) is 12.2. The molecule has 0 aliphatic carbocycles. The number of nitrogens with zero attached hydrogens (tertiary/aromatic N) is 2. The highest BCUT2D eigenvalue weighted by atomic mass is 16.5. The van der Waals surface area contributed by atoms with Crippen molar-refractivity contribution in [3.8, 4) is 0 Å². The lowest BCUT2D eigenvalue weighted by Gasteiger charge is -2.21. The average Bonchev–Trinajstić information content (AvgIpc) is 2.48. The van der Waals surface area contributed by atoms with Crippen molar-refractivity contribution in [3.63, 3.8) is 0 Å². The first-order valence-corrected chi connectivity index (χ1v) is 6.79. The lowest BCUT2D eigenvalue weighted by molar-refractivity contribution is 0.0527. The molecular formula is C16H19N3O2. The van der Waals surface area contributed by atoms with Crippen LogP contribution in [0.4, 0.5) is 11.4 Å². The molecule has 0 unspecified atom stereocenters. The maximum Gasteiger partial charge on any atom is 0.340 e. The fourth-order valence-electron chi connectivity index (χ4n) is 2.08. The summed E-state index contributed by atoms with van der Waals surface area (Å²) in [6, 6.07) is 11.0. The number of esters is 1. The SMILES string of the molecule is CCOC(=O)c1cc(N)ccc1N(C)Cc1ccccn1. The van der Waals surface area contributed by atoms with Gasteiger partial charge < -0.3 is 15.4 Å². The maximum absolute atomic E-state index is 12.1. The van der Waals surface area contributed by atoms with Gasteiger partial charge in [0, 0.05) is 18.9 Å². The molecule has 0 saturated carbocycles. The third-order valence-corrected chi connectivity index (χ3v) is 3.05. The molecule has 0 bridgehead atoms. The number of hydrogen-bond donors (Lipinski definition) is 1. The van der Waals surface area contributed by atoms with E-state index in [0.29, 0.717) is 24.4 Å². The van der Waals surface area contributed by atoms with Gasteiger partial charge in [-0.15, -0.1) is 0 Å². The first-order valence-electron chi connectivity index (χ1n) is 6.79. The maximum atomic E-state index is 12.1. The molecule has 2 rings (SSSR count). The van der Waals surface area contributed by atoms with E-state index in [2.05, 4.69) is 4.98 Å². The molecule has 1 heterocycles. The molecule has 0 amide bonds. The van der Waals surface area contributed by atoms with Crippen LogP contribution < -0.4 is 10.6 Å². The lowest BCUT2D eigenvalue weighted by atomic mass is 10.1. The molecule has 0 saturated heterocycles. The van der Waals surface area contributed by atoms with Gasteiger partial charge in [0.15, 0.2) is 0 Å². The molecule has 0 aliphatic rings. The molecule has 5 nitrogen and oxygen atoms in total. The molecule has 1 aromatic heterocycles. The van der Waals surface area contributed by atoms with E-state index in [1.165, 1.54) is 0 Å². The van der Waals surface area contributed by atoms with Crippen LogP contribution in [0.2, 0.25) is 0 Å². The summed E-state index contributed by atoms with van der Waals surface area (Å²) in [6.07, 6.45) is 1.75. The molecule has 21 heavy (non-hydrogen) atoms. The summed E-state index contributed by atoms with van der Waals surface area (Å²) in [5.74, 6) is -0.368. The number of benzene rings is 1. The van der Waals surface area contributed by atoms with Gasteiger partial charge in [0.05, 0.1) is 30.1 Å².